The van der Waals surface area contributed by atoms with Crippen LogP contribution in [0, 0.1) is 6.92 Å². The van der Waals surface area contributed by atoms with Gasteiger partial charge in [-0.1, -0.05) is 5.16 Å². The second-order valence-electron chi connectivity index (χ2n) is 7.76. The summed E-state index contributed by atoms with van der Waals surface area (Å²) in [5.74, 6) is 2.62. The van der Waals surface area contributed by atoms with E-state index in [1.807, 2.05) is 24.3 Å². The summed E-state index contributed by atoms with van der Waals surface area (Å²) < 4.78 is 11.4. The topological polar surface area (TPSA) is 125 Å². The predicted octanol–water partition coefficient (Wildman–Crippen LogP) is 3.77. The Morgan fingerprint density at radius 1 is 1.06 bits per heavy atom. The Bertz CT molecular complexity index is 1180. The summed E-state index contributed by atoms with van der Waals surface area (Å²) in [6.45, 7) is 1.79. The van der Waals surface area contributed by atoms with Crippen LogP contribution in [0.25, 0.3) is 22.5 Å². The van der Waals surface area contributed by atoms with Gasteiger partial charge in [-0.15, -0.1) is 0 Å². The monoisotopic (exact) mass is 417 g/mol. The van der Waals surface area contributed by atoms with E-state index in [0.717, 1.165) is 48.1 Å². The first kappa shape index (κ1) is 19.2. The van der Waals surface area contributed by atoms with Gasteiger partial charge in [0.25, 0.3) is 5.89 Å². The maximum atomic E-state index is 6.27. The van der Waals surface area contributed by atoms with Crippen LogP contribution in [0.5, 0.6) is 5.75 Å². The quantitative estimate of drug-likeness (QED) is 0.467. The van der Waals surface area contributed by atoms with Crippen molar-refractivity contribution in [2.24, 2.45) is 0 Å². The molecule has 158 valence electrons. The molecule has 3 N–H and O–H groups in total. The highest BCUT2D eigenvalue weighted by atomic mass is 16.5. The van der Waals surface area contributed by atoms with Crippen LogP contribution in [-0.2, 0) is 0 Å². The number of nitrogens with two attached hydrogens (primary N) is 1. The zero-order valence-electron chi connectivity index (χ0n) is 17.2. The van der Waals surface area contributed by atoms with Crippen LogP contribution in [0.1, 0.15) is 31.5 Å². The predicted molar refractivity (Wildman–Crippen MR) is 117 cm³/mol. The highest BCUT2D eigenvalue weighted by Gasteiger charge is 2.23. The lowest BCUT2D eigenvalue weighted by Crippen LogP contribution is -2.31. The number of pyridine rings is 1. The van der Waals surface area contributed by atoms with Gasteiger partial charge < -0.3 is 20.3 Å². The van der Waals surface area contributed by atoms with Crippen molar-refractivity contribution in [2.45, 2.75) is 44.8 Å². The third-order valence-corrected chi connectivity index (χ3v) is 5.42. The summed E-state index contributed by atoms with van der Waals surface area (Å²) in [5.41, 5.74) is 8.94. The van der Waals surface area contributed by atoms with Crippen molar-refractivity contribution in [2.75, 3.05) is 11.1 Å². The first-order valence-corrected chi connectivity index (χ1v) is 10.3. The Labute approximate surface area is 179 Å². The molecule has 1 fully saturated rings. The highest BCUT2D eigenvalue weighted by Crippen LogP contribution is 2.31. The molecular weight excluding hydrogens is 394 g/mol. The average Bonchev–Trinajstić information content (AvgIpc) is 3.22. The van der Waals surface area contributed by atoms with Crippen LogP contribution in [0.15, 0.2) is 47.4 Å². The molecule has 0 radical (unpaired) electrons. The minimum Gasteiger partial charge on any atom is -0.488 e. The lowest BCUT2D eigenvalue weighted by molar-refractivity contribution is 0.152. The minimum atomic E-state index is 0.126. The van der Waals surface area contributed by atoms with Gasteiger partial charge in [0.1, 0.15) is 17.1 Å². The van der Waals surface area contributed by atoms with E-state index in [4.69, 9.17) is 15.0 Å². The molecule has 9 heteroatoms. The molecule has 0 atom stereocenters. The molecule has 3 heterocycles. The number of rotatable bonds is 5. The lowest BCUT2D eigenvalue weighted by atomic mass is 9.93. The van der Waals surface area contributed by atoms with Crippen LogP contribution >= 0.6 is 0 Å². The molecule has 0 spiro atoms. The average molecular weight is 417 g/mol. The van der Waals surface area contributed by atoms with Gasteiger partial charge in [-0.05, 0) is 50.8 Å². The zero-order valence-corrected chi connectivity index (χ0v) is 17.2. The van der Waals surface area contributed by atoms with E-state index in [-0.39, 0.29) is 6.10 Å². The number of nitrogens with zero attached hydrogens (tertiary/aromatic N) is 5. The molecule has 4 aromatic rings. The molecule has 1 aromatic carbocycles. The molecule has 0 bridgehead atoms. The Balaban J connectivity index is 1.19. The van der Waals surface area contributed by atoms with Crippen LogP contribution in [0.3, 0.4) is 0 Å². The third kappa shape index (κ3) is 4.25. The Morgan fingerprint density at radius 3 is 2.65 bits per heavy atom. The summed E-state index contributed by atoms with van der Waals surface area (Å²) >= 11 is 0. The number of nitrogen functional groups attached to an aromatic ring is 1. The largest absolute Gasteiger partial charge is 0.488 e. The summed E-state index contributed by atoms with van der Waals surface area (Å²) in [6.07, 6.45) is 9.06. The normalized spacial score (nSPS) is 18.7. The van der Waals surface area contributed by atoms with Gasteiger partial charge in [0, 0.05) is 36.4 Å². The van der Waals surface area contributed by atoms with Gasteiger partial charge in [-0.25, -0.2) is 9.97 Å². The molecule has 0 amide bonds. The van der Waals surface area contributed by atoms with Crippen molar-refractivity contribution in [1.29, 1.82) is 0 Å². The molecule has 31 heavy (non-hydrogen) atoms. The van der Waals surface area contributed by atoms with Crippen LogP contribution in [0.2, 0.25) is 0 Å². The van der Waals surface area contributed by atoms with Gasteiger partial charge in [0.2, 0.25) is 0 Å². The number of hydrogen-bond donors (Lipinski definition) is 2. The summed E-state index contributed by atoms with van der Waals surface area (Å²) in [4.78, 5) is 17.5. The highest BCUT2D eigenvalue weighted by molar-refractivity contribution is 5.84. The maximum Gasteiger partial charge on any atom is 0.259 e. The second kappa shape index (κ2) is 8.17. The van der Waals surface area contributed by atoms with Gasteiger partial charge in [0.15, 0.2) is 5.82 Å². The second-order valence-corrected chi connectivity index (χ2v) is 7.76. The number of anilines is 2. The summed E-state index contributed by atoms with van der Waals surface area (Å²) in [6, 6.07) is 7.87. The van der Waals surface area contributed by atoms with Crippen molar-refractivity contribution < 1.29 is 9.26 Å². The number of aromatic nitrogens is 5. The summed E-state index contributed by atoms with van der Waals surface area (Å²) in [5, 5.41) is 7.32. The van der Waals surface area contributed by atoms with Crippen molar-refractivity contribution in [3.05, 3.63) is 48.7 Å². The zero-order chi connectivity index (χ0) is 21.2. The number of nitrogens with one attached hydrogen (secondary N) is 1. The number of aryl methyl sites for hydroxylation is 1. The van der Waals surface area contributed by atoms with Gasteiger partial charge in [0.05, 0.1) is 17.2 Å². The first-order chi connectivity index (χ1) is 15.1. The van der Waals surface area contributed by atoms with E-state index in [1.165, 1.54) is 0 Å². The fourth-order valence-electron chi connectivity index (χ4n) is 3.89. The van der Waals surface area contributed by atoms with Crippen molar-refractivity contribution in [1.82, 2.24) is 25.1 Å². The van der Waals surface area contributed by atoms with Crippen LogP contribution in [0.4, 0.5) is 11.5 Å². The maximum absolute atomic E-state index is 6.27. The molecular formula is C22H23N7O2. The van der Waals surface area contributed by atoms with Crippen molar-refractivity contribution in [3.8, 4) is 17.2 Å². The molecule has 0 unspecified atom stereocenters. The molecule has 0 aliphatic heterocycles. The first-order valence-electron chi connectivity index (χ1n) is 10.3. The SMILES string of the molecule is Cc1noc(-c2ccc(NC3CCC(Oc4cc(N)cc5nccnc45)CC3)nc2)n1. The van der Waals surface area contributed by atoms with Gasteiger partial charge in [-0.2, -0.15) is 4.98 Å². The molecule has 0 saturated heterocycles. The van der Waals surface area contributed by atoms with Crippen molar-refractivity contribution >= 4 is 22.5 Å². The standard InChI is InChI=1S/C22H23N7O2/c1-13-27-22(31-29-13)14-2-7-20(26-12-14)28-16-3-5-17(6-4-16)30-19-11-15(23)10-18-21(19)25-9-8-24-18/h2,7-12,16-17H,3-6,23H2,1H3,(H,26,28). The van der Waals surface area contributed by atoms with Crippen LogP contribution in [-0.4, -0.2) is 37.2 Å². The van der Waals surface area contributed by atoms with E-state index in [1.54, 1.807) is 25.5 Å². The molecule has 1 aliphatic rings. The van der Waals surface area contributed by atoms with Gasteiger partial charge in [-0.3, -0.25) is 4.98 Å². The molecule has 1 saturated carbocycles. The van der Waals surface area contributed by atoms with Gasteiger partial charge >= 0.3 is 0 Å². The Morgan fingerprint density at radius 2 is 1.90 bits per heavy atom. The smallest absolute Gasteiger partial charge is 0.259 e. The van der Waals surface area contributed by atoms with E-state index in [2.05, 4.69) is 30.4 Å². The number of ether oxygens (including phenoxy) is 1. The molecule has 3 aromatic heterocycles. The number of hydrogen-bond acceptors (Lipinski definition) is 9. The molecule has 1 aliphatic carbocycles. The van der Waals surface area contributed by atoms with Crippen LogP contribution < -0.4 is 15.8 Å². The fourth-order valence-corrected chi connectivity index (χ4v) is 3.89. The number of benzene rings is 1. The molecule has 9 nitrogen and oxygen atoms in total. The number of fused-ring (bicyclic) bond motifs is 1. The molecule has 5 rings (SSSR count). The Kier molecular flexibility index (Phi) is 5.07. The Hall–Kier alpha value is -3.75. The summed E-state index contributed by atoms with van der Waals surface area (Å²) in [7, 11) is 0. The van der Waals surface area contributed by atoms with E-state index in [0.29, 0.717) is 29.2 Å². The minimum absolute atomic E-state index is 0.126. The fraction of sp³-hybridized carbons (Fsp3) is 0.318. The van der Waals surface area contributed by atoms with E-state index >= 15 is 0 Å². The lowest BCUT2D eigenvalue weighted by Gasteiger charge is -2.30. The third-order valence-electron chi connectivity index (χ3n) is 5.42. The van der Waals surface area contributed by atoms with Crippen molar-refractivity contribution in [3.63, 3.8) is 0 Å². The van der Waals surface area contributed by atoms with E-state index < -0.39 is 0 Å². The van der Waals surface area contributed by atoms with E-state index in [9.17, 15) is 0 Å².